The summed E-state index contributed by atoms with van der Waals surface area (Å²) >= 11 is 0. The van der Waals surface area contributed by atoms with Gasteiger partial charge in [0, 0.05) is 30.6 Å². The normalized spacial score (nSPS) is 10.4. The summed E-state index contributed by atoms with van der Waals surface area (Å²) in [4.78, 5) is 15.7. The van der Waals surface area contributed by atoms with Gasteiger partial charge >= 0.3 is 0 Å². The Hall–Kier alpha value is -2.10. The van der Waals surface area contributed by atoms with Crippen LogP contribution in [0, 0.1) is 13.8 Å². The predicted molar refractivity (Wildman–Crippen MR) is 76.0 cm³/mol. The van der Waals surface area contributed by atoms with Gasteiger partial charge in [0.05, 0.1) is 11.9 Å². The molecule has 100 valence electrons. The maximum atomic E-state index is 11.8. The summed E-state index contributed by atoms with van der Waals surface area (Å²) in [5.74, 6) is 0.0375. The van der Waals surface area contributed by atoms with Gasteiger partial charge in [-0.05, 0) is 44.5 Å². The topological polar surface area (TPSA) is 46.9 Å². The molecule has 0 atom stereocenters. The lowest BCUT2D eigenvalue weighted by Crippen LogP contribution is -2.13. The van der Waals surface area contributed by atoms with Crippen molar-refractivity contribution in [3.8, 4) is 0 Å². The van der Waals surface area contributed by atoms with E-state index < -0.39 is 0 Å². The third kappa shape index (κ3) is 3.68. The molecule has 0 saturated carbocycles. The lowest BCUT2D eigenvalue weighted by atomic mass is 10.2. The number of carbonyl (C=O) groups is 1. The summed E-state index contributed by atoms with van der Waals surface area (Å²) in [6, 6.07) is 7.85. The summed E-state index contributed by atoms with van der Waals surface area (Å²) in [6.45, 7) is 5.05. The maximum Gasteiger partial charge on any atom is 0.224 e. The zero-order valence-corrected chi connectivity index (χ0v) is 11.4. The lowest BCUT2D eigenvalue weighted by Gasteiger charge is -2.09. The van der Waals surface area contributed by atoms with Gasteiger partial charge in [-0.1, -0.05) is 0 Å². The van der Waals surface area contributed by atoms with Gasteiger partial charge in [-0.2, -0.15) is 0 Å². The lowest BCUT2D eigenvalue weighted by molar-refractivity contribution is -0.116. The zero-order valence-electron chi connectivity index (χ0n) is 11.4. The Labute approximate surface area is 113 Å². The standard InChI is InChI=1S/C15H19N3O/c1-12-7-8-13(2)18(12)10-4-6-15(19)17-14-5-3-9-16-11-14/h3,5,7-9,11H,4,6,10H2,1-2H3,(H,17,19). The minimum atomic E-state index is 0.0375. The number of pyridine rings is 1. The fourth-order valence-corrected chi connectivity index (χ4v) is 2.11. The quantitative estimate of drug-likeness (QED) is 0.895. The highest BCUT2D eigenvalue weighted by Crippen LogP contribution is 2.09. The molecule has 4 nitrogen and oxygen atoms in total. The second kappa shape index (κ2) is 6.18. The first kappa shape index (κ1) is 13.3. The van der Waals surface area contributed by atoms with Gasteiger partial charge in [-0.25, -0.2) is 0 Å². The monoisotopic (exact) mass is 257 g/mol. The van der Waals surface area contributed by atoms with Crippen LogP contribution in [0.25, 0.3) is 0 Å². The van der Waals surface area contributed by atoms with Gasteiger partial charge in [-0.3, -0.25) is 9.78 Å². The zero-order chi connectivity index (χ0) is 13.7. The summed E-state index contributed by atoms with van der Waals surface area (Å²) in [5, 5.41) is 2.84. The van der Waals surface area contributed by atoms with E-state index in [9.17, 15) is 4.79 Å². The number of hydrogen-bond acceptors (Lipinski definition) is 2. The van der Waals surface area contributed by atoms with Crippen LogP contribution in [0.1, 0.15) is 24.2 Å². The van der Waals surface area contributed by atoms with Crippen LogP contribution >= 0.6 is 0 Å². The van der Waals surface area contributed by atoms with Gasteiger partial charge in [-0.15, -0.1) is 0 Å². The van der Waals surface area contributed by atoms with Crippen LogP contribution < -0.4 is 5.32 Å². The van der Waals surface area contributed by atoms with Crippen LogP contribution in [0.3, 0.4) is 0 Å². The van der Waals surface area contributed by atoms with Gasteiger partial charge in [0.15, 0.2) is 0 Å². The van der Waals surface area contributed by atoms with Crippen LogP contribution in [0.5, 0.6) is 0 Å². The summed E-state index contributed by atoms with van der Waals surface area (Å²) in [7, 11) is 0. The van der Waals surface area contributed by atoms with E-state index in [2.05, 4.69) is 40.8 Å². The number of aromatic nitrogens is 2. The molecule has 1 amide bonds. The van der Waals surface area contributed by atoms with Crippen molar-refractivity contribution in [3.05, 3.63) is 48.0 Å². The van der Waals surface area contributed by atoms with Gasteiger partial charge in [0.2, 0.25) is 5.91 Å². The highest BCUT2D eigenvalue weighted by molar-refractivity contribution is 5.90. The molecule has 4 heteroatoms. The molecule has 0 radical (unpaired) electrons. The Morgan fingerprint density at radius 3 is 2.63 bits per heavy atom. The Morgan fingerprint density at radius 1 is 1.26 bits per heavy atom. The Balaban J connectivity index is 1.79. The van der Waals surface area contributed by atoms with Crippen molar-refractivity contribution in [2.75, 3.05) is 5.32 Å². The molecule has 0 aromatic carbocycles. The third-order valence-electron chi connectivity index (χ3n) is 3.15. The van der Waals surface area contributed by atoms with Gasteiger partial charge in [0.1, 0.15) is 0 Å². The van der Waals surface area contributed by atoms with Crippen molar-refractivity contribution in [2.45, 2.75) is 33.2 Å². The second-order valence-corrected chi connectivity index (χ2v) is 4.66. The maximum absolute atomic E-state index is 11.8. The molecule has 0 saturated heterocycles. The SMILES string of the molecule is Cc1ccc(C)n1CCCC(=O)Nc1cccnc1. The van der Waals surface area contributed by atoms with Crippen molar-refractivity contribution >= 4 is 11.6 Å². The highest BCUT2D eigenvalue weighted by Gasteiger charge is 2.04. The number of hydrogen-bond donors (Lipinski definition) is 1. The van der Waals surface area contributed by atoms with Crippen molar-refractivity contribution in [1.29, 1.82) is 0 Å². The molecule has 0 unspecified atom stereocenters. The minimum absolute atomic E-state index is 0.0375. The molecule has 0 aliphatic rings. The average molecular weight is 257 g/mol. The van der Waals surface area contributed by atoms with E-state index in [1.807, 2.05) is 12.1 Å². The summed E-state index contributed by atoms with van der Waals surface area (Å²) < 4.78 is 2.23. The molecule has 2 aromatic rings. The minimum Gasteiger partial charge on any atom is -0.349 e. The van der Waals surface area contributed by atoms with E-state index in [1.165, 1.54) is 11.4 Å². The van der Waals surface area contributed by atoms with Crippen molar-refractivity contribution in [1.82, 2.24) is 9.55 Å². The number of carbonyl (C=O) groups excluding carboxylic acids is 1. The smallest absolute Gasteiger partial charge is 0.224 e. The first-order chi connectivity index (χ1) is 9.16. The molecule has 2 aromatic heterocycles. The molecular formula is C15H19N3O. The van der Waals surface area contributed by atoms with Crippen molar-refractivity contribution < 1.29 is 4.79 Å². The molecular weight excluding hydrogens is 238 g/mol. The van der Waals surface area contributed by atoms with E-state index in [-0.39, 0.29) is 5.91 Å². The average Bonchev–Trinajstić information content (AvgIpc) is 2.71. The molecule has 0 spiro atoms. The number of nitrogens with one attached hydrogen (secondary N) is 1. The summed E-state index contributed by atoms with van der Waals surface area (Å²) in [6.07, 6.45) is 4.69. The molecule has 0 bridgehead atoms. The van der Waals surface area contributed by atoms with Crippen LogP contribution in [0.15, 0.2) is 36.7 Å². The first-order valence-electron chi connectivity index (χ1n) is 6.49. The number of rotatable bonds is 5. The number of nitrogens with zero attached hydrogens (tertiary/aromatic N) is 2. The second-order valence-electron chi connectivity index (χ2n) is 4.66. The van der Waals surface area contributed by atoms with E-state index >= 15 is 0 Å². The Morgan fingerprint density at radius 2 is 2.00 bits per heavy atom. The number of aryl methyl sites for hydroxylation is 2. The highest BCUT2D eigenvalue weighted by atomic mass is 16.1. The van der Waals surface area contributed by atoms with Gasteiger partial charge < -0.3 is 9.88 Å². The Kier molecular flexibility index (Phi) is 4.34. The predicted octanol–water partition coefficient (Wildman–Crippen LogP) is 2.92. The molecule has 2 heterocycles. The fraction of sp³-hybridized carbons (Fsp3) is 0.333. The van der Waals surface area contributed by atoms with Crippen LogP contribution in [-0.2, 0) is 11.3 Å². The molecule has 1 N–H and O–H groups in total. The Bertz CT molecular complexity index is 526. The molecule has 19 heavy (non-hydrogen) atoms. The van der Waals surface area contributed by atoms with Crippen LogP contribution in [0.4, 0.5) is 5.69 Å². The number of anilines is 1. The van der Waals surface area contributed by atoms with Crippen LogP contribution in [-0.4, -0.2) is 15.5 Å². The summed E-state index contributed by atoms with van der Waals surface area (Å²) in [5.41, 5.74) is 3.23. The van der Waals surface area contributed by atoms with E-state index in [1.54, 1.807) is 12.4 Å². The van der Waals surface area contributed by atoms with E-state index in [4.69, 9.17) is 0 Å². The molecule has 0 fully saturated rings. The molecule has 0 aliphatic carbocycles. The third-order valence-corrected chi connectivity index (χ3v) is 3.15. The van der Waals surface area contributed by atoms with E-state index in [0.29, 0.717) is 6.42 Å². The van der Waals surface area contributed by atoms with Gasteiger partial charge in [0.25, 0.3) is 0 Å². The van der Waals surface area contributed by atoms with Crippen molar-refractivity contribution in [3.63, 3.8) is 0 Å². The number of amides is 1. The molecule has 2 rings (SSSR count). The largest absolute Gasteiger partial charge is 0.349 e. The van der Waals surface area contributed by atoms with Crippen molar-refractivity contribution in [2.24, 2.45) is 0 Å². The fourth-order valence-electron chi connectivity index (χ4n) is 2.11. The molecule has 0 aliphatic heterocycles. The first-order valence-corrected chi connectivity index (χ1v) is 6.49. The van der Waals surface area contributed by atoms with Crippen LogP contribution in [0.2, 0.25) is 0 Å². The van der Waals surface area contributed by atoms with E-state index in [0.717, 1.165) is 18.7 Å².